The van der Waals surface area contributed by atoms with E-state index in [0.29, 0.717) is 31.7 Å². The molecule has 0 bridgehead atoms. The molecule has 0 saturated carbocycles. The van der Waals surface area contributed by atoms with Gasteiger partial charge in [0, 0.05) is 26.6 Å². The molecule has 1 unspecified atom stereocenters. The molecule has 1 rings (SSSR count). The van der Waals surface area contributed by atoms with E-state index in [0.717, 1.165) is 0 Å². The van der Waals surface area contributed by atoms with Crippen molar-refractivity contribution >= 4 is 11.6 Å². The predicted molar refractivity (Wildman–Crippen MR) is 65.9 cm³/mol. The third-order valence-electron chi connectivity index (χ3n) is 2.35. The highest BCUT2D eigenvalue weighted by Crippen LogP contribution is 2.20. The summed E-state index contributed by atoms with van der Waals surface area (Å²) in [6.45, 7) is 1.69. The topological polar surface area (TPSA) is 41.5 Å². The van der Waals surface area contributed by atoms with Crippen molar-refractivity contribution in [2.45, 2.75) is 12.5 Å². The quantitative estimate of drug-likeness (QED) is 0.733. The molecule has 1 aromatic rings. The Labute approximate surface area is 106 Å². The molecule has 0 amide bonds. The second-order valence-corrected chi connectivity index (χ2v) is 4.15. The van der Waals surface area contributed by atoms with Gasteiger partial charge in [-0.3, -0.25) is 0 Å². The van der Waals surface area contributed by atoms with Crippen molar-refractivity contribution in [2.24, 2.45) is 0 Å². The van der Waals surface area contributed by atoms with Crippen LogP contribution in [0.25, 0.3) is 0 Å². The molecule has 0 fully saturated rings. The summed E-state index contributed by atoms with van der Waals surface area (Å²) in [6.07, 6.45) is -0.262. The number of ether oxygens (including phenoxy) is 1. The Hall–Kier alpha value is -0.680. The monoisotopic (exact) mass is 261 g/mol. The van der Waals surface area contributed by atoms with Crippen molar-refractivity contribution in [3.8, 4) is 0 Å². The molecular formula is C12H17ClFNO2. The number of nitrogens with one attached hydrogen (secondary N) is 1. The number of methoxy groups -OCH3 is 1. The lowest BCUT2D eigenvalue weighted by molar-refractivity contribution is 0.160. The van der Waals surface area contributed by atoms with Gasteiger partial charge in [0.1, 0.15) is 5.82 Å². The van der Waals surface area contributed by atoms with Crippen molar-refractivity contribution < 1.29 is 14.2 Å². The van der Waals surface area contributed by atoms with Crippen molar-refractivity contribution in [1.82, 2.24) is 5.32 Å². The molecule has 2 N–H and O–H groups in total. The van der Waals surface area contributed by atoms with Crippen LogP contribution in [0.5, 0.6) is 0 Å². The minimum Gasteiger partial charge on any atom is -0.391 e. The predicted octanol–water partition coefficient (Wildman–Crippen LogP) is 1.62. The fraction of sp³-hybridized carbons (Fsp3) is 0.500. The van der Waals surface area contributed by atoms with Crippen molar-refractivity contribution in [1.29, 1.82) is 0 Å². The molecule has 0 aromatic heterocycles. The van der Waals surface area contributed by atoms with Gasteiger partial charge < -0.3 is 15.2 Å². The van der Waals surface area contributed by atoms with Gasteiger partial charge in [-0.1, -0.05) is 23.7 Å². The number of halogens is 2. The first-order valence-corrected chi connectivity index (χ1v) is 5.83. The normalized spacial score (nSPS) is 12.7. The maximum atomic E-state index is 13.1. The Bertz CT molecular complexity index is 349. The molecule has 17 heavy (non-hydrogen) atoms. The smallest absolute Gasteiger partial charge is 0.142 e. The minimum absolute atomic E-state index is 0.0865. The van der Waals surface area contributed by atoms with Crippen LogP contribution in [0.3, 0.4) is 0 Å². The third-order valence-corrected chi connectivity index (χ3v) is 2.77. The van der Waals surface area contributed by atoms with Crippen LogP contribution in [0.2, 0.25) is 5.02 Å². The van der Waals surface area contributed by atoms with E-state index in [9.17, 15) is 9.50 Å². The first-order chi connectivity index (χ1) is 8.15. The third kappa shape index (κ3) is 5.00. The largest absolute Gasteiger partial charge is 0.391 e. The zero-order valence-corrected chi connectivity index (χ0v) is 10.5. The maximum absolute atomic E-state index is 13.1. The Morgan fingerprint density at radius 3 is 3.00 bits per heavy atom. The van der Waals surface area contributed by atoms with Gasteiger partial charge in [0.05, 0.1) is 17.7 Å². The van der Waals surface area contributed by atoms with Crippen LogP contribution in [0.1, 0.15) is 5.56 Å². The van der Waals surface area contributed by atoms with Crippen LogP contribution < -0.4 is 5.32 Å². The lowest BCUT2D eigenvalue weighted by atomic mass is 10.1. The molecule has 0 aliphatic carbocycles. The molecule has 3 nitrogen and oxygen atoms in total. The summed E-state index contributed by atoms with van der Waals surface area (Å²) in [5.74, 6) is -0.455. The van der Waals surface area contributed by atoms with Gasteiger partial charge in [0.15, 0.2) is 0 Å². The zero-order chi connectivity index (χ0) is 12.7. The maximum Gasteiger partial charge on any atom is 0.142 e. The standard InChI is InChI=1S/C12H17ClFNO2/c1-17-6-5-15-8-10(16)7-9-3-2-4-11(14)12(9)13/h2-4,10,15-16H,5-8H2,1H3. The number of benzene rings is 1. The summed E-state index contributed by atoms with van der Waals surface area (Å²) < 4.78 is 18.0. The van der Waals surface area contributed by atoms with Gasteiger partial charge in [-0.05, 0) is 11.6 Å². The summed E-state index contributed by atoms with van der Waals surface area (Å²) in [7, 11) is 1.62. The molecule has 5 heteroatoms. The summed E-state index contributed by atoms with van der Waals surface area (Å²) in [4.78, 5) is 0. The van der Waals surface area contributed by atoms with Crippen molar-refractivity contribution in [3.05, 3.63) is 34.6 Å². The minimum atomic E-state index is -0.592. The number of rotatable bonds is 7. The highest BCUT2D eigenvalue weighted by atomic mass is 35.5. The van der Waals surface area contributed by atoms with E-state index in [-0.39, 0.29) is 5.02 Å². The van der Waals surface area contributed by atoms with Crippen LogP contribution in [-0.2, 0) is 11.2 Å². The Morgan fingerprint density at radius 1 is 1.53 bits per heavy atom. The SMILES string of the molecule is COCCNCC(O)Cc1cccc(F)c1Cl. The molecule has 0 aliphatic heterocycles. The van der Waals surface area contributed by atoms with Crippen LogP contribution >= 0.6 is 11.6 Å². The van der Waals surface area contributed by atoms with Crippen molar-refractivity contribution in [3.63, 3.8) is 0 Å². The Balaban J connectivity index is 2.39. The fourth-order valence-electron chi connectivity index (χ4n) is 1.48. The zero-order valence-electron chi connectivity index (χ0n) is 9.75. The van der Waals surface area contributed by atoms with Gasteiger partial charge in [-0.25, -0.2) is 4.39 Å². The molecule has 0 radical (unpaired) electrons. The summed E-state index contributed by atoms with van der Waals surface area (Å²) in [5, 5.41) is 12.8. The first kappa shape index (κ1) is 14.4. The molecule has 1 aromatic carbocycles. The average Bonchev–Trinajstić information content (AvgIpc) is 2.31. The highest BCUT2D eigenvalue weighted by molar-refractivity contribution is 6.31. The van der Waals surface area contributed by atoms with Crippen LogP contribution in [0.4, 0.5) is 4.39 Å². The van der Waals surface area contributed by atoms with E-state index < -0.39 is 11.9 Å². The first-order valence-electron chi connectivity index (χ1n) is 5.45. The van der Waals surface area contributed by atoms with E-state index in [1.165, 1.54) is 6.07 Å². The molecule has 0 spiro atoms. The van der Waals surface area contributed by atoms with Gasteiger partial charge in [0.25, 0.3) is 0 Å². The average molecular weight is 262 g/mol. The van der Waals surface area contributed by atoms with E-state index >= 15 is 0 Å². The number of hydrogen-bond donors (Lipinski definition) is 2. The molecule has 0 aliphatic rings. The van der Waals surface area contributed by atoms with E-state index in [1.807, 2.05) is 0 Å². The van der Waals surface area contributed by atoms with Gasteiger partial charge in [0.2, 0.25) is 0 Å². The van der Waals surface area contributed by atoms with Crippen LogP contribution in [-0.4, -0.2) is 38.0 Å². The van der Waals surface area contributed by atoms with E-state index in [1.54, 1.807) is 19.2 Å². The molecule has 0 heterocycles. The molecule has 1 atom stereocenters. The summed E-state index contributed by atoms with van der Waals surface area (Å²) in [6, 6.07) is 4.60. The van der Waals surface area contributed by atoms with Crippen molar-refractivity contribution in [2.75, 3.05) is 26.8 Å². The van der Waals surface area contributed by atoms with E-state index in [4.69, 9.17) is 16.3 Å². The molecular weight excluding hydrogens is 245 g/mol. The molecule has 96 valence electrons. The lowest BCUT2D eigenvalue weighted by Gasteiger charge is -2.12. The Kier molecular flexibility index (Phi) is 6.44. The number of aliphatic hydroxyl groups excluding tert-OH is 1. The van der Waals surface area contributed by atoms with Gasteiger partial charge in [-0.15, -0.1) is 0 Å². The number of aliphatic hydroxyl groups is 1. The van der Waals surface area contributed by atoms with Gasteiger partial charge in [-0.2, -0.15) is 0 Å². The fourth-order valence-corrected chi connectivity index (χ4v) is 1.68. The van der Waals surface area contributed by atoms with E-state index in [2.05, 4.69) is 5.32 Å². The Morgan fingerprint density at radius 2 is 2.29 bits per heavy atom. The van der Waals surface area contributed by atoms with Crippen LogP contribution in [0, 0.1) is 5.82 Å². The number of hydrogen-bond acceptors (Lipinski definition) is 3. The summed E-state index contributed by atoms with van der Waals surface area (Å²) >= 11 is 5.79. The summed E-state index contributed by atoms with van der Waals surface area (Å²) in [5.41, 5.74) is 0.618. The highest BCUT2D eigenvalue weighted by Gasteiger charge is 2.10. The lowest BCUT2D eigenvalue weighted by Crippen LogP contribution is -2.30. The molecule has 0 saturated heterocycles. The second-order valence-electron chi connectivity index (χ2n) is 3.77. The van der Waals surface area contributed by atoms with Crippen LogP contribution in [0.15, 0.2) is 18.2 Å². The van der Waals surface area contributed by atoms with Gasteiger partial charge >= 0.3 is 0 Å². The second kappa shape index (κ2) is 7.61.